The molecule has 0 saturated carbocycles. The molecule has 55 heavy (non-hydrogen) atoms. The summed E-state index contributed by atoms with van der Waals surface area (Å²) in [5.74, 6) is -3.16. The fraction of sp³-hybridized carbons (Fsp3) is 0.326. The monoisotopic (exact) mass is 769 g/mol. The van der Waals surface area contributed by atoms with Crippen molar-refractivity contribution in [2.45, 2.75) is 32.5 Å². The number of hydrogen-bond donors (Lipinski definition) is 0. The van der Waals surface area contributed by atoms with E-state index in [1.54, 1.807) is 6.92 Å². The van der Waals surface area contributed by atoms with Crippen molar-refractivity contribution in [1.29, 1.82) is 0 Å². The first-order chi connectivity index (χ1) is 26.6. The molecule has 2 heterocycles. The second-order valence-corrected chi connectivity index (χ2v) is 14.3. The first-order valence-electron chi connectivity index (χ1n) is 18.5. The minimum absolute atomic E-state index is 0.0630. The van der Waals surface area contributed by atoms with Gasteiger partial charge in [0.05, 0.1) is 7.11 Å². The highest BCUT2D eigenvalue weighted by atomic mass is 35.5. The SMILES string of the molecule is COc1ccc(C=CC(=O)N(Cc2ccc(N3CCN(C(C)=O)CC3)cc2)C(Cc2ccccc2)C(=O)N2CCN(Cc3ccc(Cl)cc3)CC2)c(F)c1F. The van der Waals surface area contributed by atoms with Crippen molar-refractivity contribution in [2.75, 3.05) is 64.4 Å². The summed E-state index contributed by atoms with van der Waals surface area (Å²) in [6, 6.07) is 26.9. The van der Waals surface area contributed by atoms with Crippen molar-refractivity contribution >= 4 is 41.1 Å². The summed E-state index contributed by atoms with van der Waals surface area (Å²) in [5.41, 5.74) is 3.69. The molecule has 2 aliphatic heterocycles. The number of amides is 3. The number of ether oxygens (including phenoxy) is 1. The van der Waals surface area contributed by atoms with E-state index < -0.39 is 23.6 Å². The van der Waals surface area contributed by atoms with Crippen molar-refractivity contribution in [2.24, 2.45) is 0 Å². The van der Waals surface area contributed by atoms with Gasteiger partial charge >= 0.3 is 0 Å². The molecule has 0 aliphatic carbocycles. The number of anilines is 1. The summed E-state index contributed by atoms with van der Waals surface area (Å²) in [5, 5.41) is 0.680. The molecule has 0 spiro atoms. The van der Waals surface area contributed by atoms with Crippen LogP contribution in [0.25, 0.3) is 6.08 Å². The molecule has 12 heteroatoms. The lowest BCUT2D eigenvalue weighted by Gasteiger charge is -2.39. The number of nitrogens with zero attached hydrogens (tertiary/aromatic N) is 5. The van der Waals surface area contributed by atoms with Crippen LogP contribution in [0.15, 0.2) is 97.1 Å². The summed E-state index contributed by atoms with van der Waals surface area (Å²) in [6.45, 7) is 7.39. The Balaban J connectivity index is 1.26. The third-order valence-corrected chi connectivity index (χ3v) is 10.6. The molecule has 2 saturated heterocycles. The predicted molar refractivity (Wildman–Crippen MR) is 211 cm³/mol. The van der Waals surface area contributed by atoms with Gasteiger partial charge in [-0.2, -0.15) is 4.39 Å². The molecular weight excluding hydrogens is 724 g/mol. The summed E-state index contributed by atoms with van der Waals surface area (Å²) in [7, 11) is 1.25. The average molecular weight is 770 g/mol. The maximum absolute atomic E-state index is 15.0. The zero-order valence-electron chi connectivity index (χ0n) is 31.2. The number of piperazine rings is 2. The summed E-state index contributed by atoms with van der Waals surface area (Å²) >= 11 is 6.08. The first-order valence-corrected chi connectivity index (χ1v) is 18.9. The fourth-order valence-corrected chi connectivity index (χ4v) is 7.20. The lowest BCUT2D eigenvalue weighted by molar-refractivity contribution is -0.145. The van der Waals surface area contributed by atoms with Crippen molar-refractivity contribution in [3.8, 4) is 5.75 Å². The van der Waals surface area contributed by atoms with Gasteiger partial charge in [-0.25, -0.2) is 4.39 Å². The van der Waals surface area contributed by atoms with Gasteiger partial charge in [-0.3, -0.25) is 19.3 Å². The highest BCUT2D eigenvalue weighted by Gasteiger charge is 2.34. The van der Waals surface area contributed by atoms with E-state index in [9.17, 15) is 23.2 Å². The lowest BCUT2D eigenvalue weighted by atomic mass is 10.0. The highest BCUT2D eigenvalue weighted by molar-refractivity contribution is 6.30. The molecule has 0 N–H and O–H groups in total. The minimum atomic E-state index is -1.15. The van der Waals surface area contributed by atoms with Crippen LogP contribution in [0.5, 0.6) is 5.75 Å². The largest absolute Gasteiger partial charge is 0.494 e. The zero-order valence-corrected chi connectivity index (χ0v) is 31.9. The van der Waals surface area contributed by atoms with Crippen molar-refractivity contribution in [1.82, 2.24) is 19.6 Å². The standard InChI is InChI=1S/C43H46ClF2N5O4/c1-31(52)48-24-26-49(27-25-48)37-16-10-34(11-17-37)30-51(40(53)19-13-35-12-18-39(55-2)42(46)41(35)45)38(28-32-6-4-3-5-7-32)43(54)50-22-20-47(21-23-50)29-33-8-14-36(44)15-9-33/h3-19,38H,20-30H2,1-2H3. The van der Waals surface area contributed by atoms with E-state index in [2.05, 4.69) is 9.80 Å². The molecule has 6 rings (SSSR count). The van der Waals surface area contributed by atoms with E-state index in [0.717, 1.165) is 28.9 Å². The second kappa shape index (κ2) is 18.4. The zero-order chi connectivity index (χ0) is 38.9. The summed E-state index contributed by atoms with van der Waals surface area (Å²) in [4.78, 5) is 50.5. The quantitative estimate of drug-likeness (QED) is 0.158. The van der Waals surface area contributed by atoms with E-state index in [-0.39, 0.29) is 36.1 Å². The Labute approximate surface area is 326 Å². The predicted octanol–water partition coefficient (Wildman–Crippen LogP) is 6.29. The number of rotatable bonds is 12. The van der Waals surface area contributed by atoms with Crippen LogP contribution in [0.3, 0.4) is 0 Å². The molecular formula is C43H46ClF2N5O4. The molecule has 9 nitrogen and oxygen atoms in total. The van der Waals surface area contributed by atoms with Gasteiger partial charge in [-0.15, -0.1) is 0 Å². The minimum Gasteiger partial charge on any atom is -0.494 e. The Kier molecular flexibility index (Phi) is 13.2. The van der Waals surface area contributed by atoms with Gasteiger partial charge in [-0.1, -0.05) is 66.2 Å². The van der Waals surface area contributed by atoms with Gasteiger partial charge in [-0.05, 0) is 59.2 Å². The van der Waals surface area contributed by atoms with Crippen molar-refractivity contribution < 1.29 is 27.9 Å². The maximum atomic E-state index is 15.0. The molecule has 3 amide bonds. The number of carbonyl (C=O) groups is 3. The molecule has 0 bridgehead atoms. The molecule has 288 valence electrons. The van der Waals surface area contributed by atoms with Crippen LogP contribution in [0.4, 0.5) is 14.5 Å². The molecule has 0 radical (unpaired) electrons. The Morgan fingerprint density at radius 2 is 1.40 bits per heavy atom. The topological polar surface area (TPSA) is 76.6 Å². The average Bonchev–Trinajstić information content (AvgIpc) is 3.21. The second-order valence-electron chi connectivity index (χ2n) is 13.9. The van der Waals surface area contributed by atoms with E-state index >= 15 is 0 Å². The van der Waals surface area contributed by atoms with Crippen LogP contribution < -0.4 is 9.64 Å². The first kappa shape index (κ1) is 39.4. The van der Waals surface area contributed by atoms with E-state index in [1.165, 1.54) is 36.3 Å². The van der Waals surface area contributed by atoms with Crippen LogP contribution in [0.1, 0.15) is 29.2 Å². The Hall–Kier alpha value is -5.26. The summed E-state index contributed by atoms with van der Waals surface area (Å²) in [6.07, 6.45) is 2.69. The Morgan fingerprint density at radius 3 is 2.04 bits per heavy atom. The van der Waals surface area contributed by atoms with Gasteiger partial charge in [0.2, 0.25) is 23.5 Å². The molecule has 2 fully saturated rings. The molecule has 4 aromatic rings. The number of methoxy groups -OCH3 is 1. The van der Waals surface area contributed by atoms with E-state index in [4.69, 9.17) is 16.3 Å². The van der Waals surface area contributed by atoms with Gasteiger partial charge in [0.15, 0.2) is 11.6 Å². The van der Waals surface area contributed by atoms with E-state index in [1.807, 2.05) is 88.7 Å². The number of hydrogen-bond acceptors (Lipinski definition) is 6. The highest BCUT2D eigenvalue weighted by Crippen LogP contribution is 2.25. The van der Waals surface area contributed by atoms with Crippen LogP contribution in [0.2, 0.25) is 5.02 Å². The third kappa shape index (κ3) is 10.1. The van der Waals surface area contributed by atoms with Gasteiger partial charge < -0.3 is 24.3 Å². The van der Waals surface area contributed by atoms with Crippen molar-refractivity contribution in [3.63, 3.8) is 0 Å². The molecule has 1 unspecified atom stereocenters. The van der Waals surface area contributed by atoms with E-state index in [0.29, 0.717) is 57.4 Å². The van der Waals surface area contributed by atoms with Crippen LogP contribution >= 0.6 is 11.6 Å². The molecule has 1 atom stereocenters. The number of carbonyl (C=O) groups excluding carboxylic acids is 3. The van der Waals surface area contributed by atoms with Gasteiger partial charge in [0, 0.05) is 101 Å². The number of halogens is 3. The Morgan fingerprint density at radius 1 is 0.764 bits per heavy atom. The van der Waals surface area contributed by atoms with Gasteiger partial charge in [0.25, 0.3) is 0 Å². The van der Waals surface area contributed by atoms with Crippen LogP contribution in [0, 0.1) is 11.6 Å². The van der Waals surface area contributed by atoms with Crippen LogP contribution in [-0.4, -0.2) is 103 Å². The lowest BCUT2D eigenvalue weighted by Crippen LogP contribution is -2.56. The smallest absolute Gasteiger partial charge is 0.247 e. The van der Waals surface area contributed by atoms with Gasteiger partial charge in [0.1, 0.15) is 6.04 Å². The molecule has 4 aromatic carbocycles. The third-order valence-electron chi connectivity index (χ3n) is 10.3. The fourth-order valence-electron chi connectivity index (χ4n) is 7.07. The molecule has 2 aliphatic rings. The van der Waals surface area contributed by atoms with Crippen molar-refractivity contribution in [3.05, 3.63) is 136 Å². The number of benzene rings is 4. The normalized spacial score (nSPS) is 15.6. The summed E-state index contributed by atoms with van der Waals surface area (Å²) < 4.78 is 34.5. The van der Waals surface area contributed by atoms with Crippen LogP contribution in [-0.2, 0) is 33.9 Å². The maximum Gasteiger partial charge on any atom is 0.247 e. The Bertz CT molecular complexity index is 1960. The molecule has 0 aromatic heterocycles.